The van der Waals surface area contributed by atoms with E-state index in [0.717, 1.165) is 39.1 Å². The first-order valence-corrected chi connectivity index (χ1v) is 14.8. The molecule has 1 aliphatic carbocycles. The van der Waals surface area contributed by atoms with Gasteiger partial charge in [0.25, 0.3) is 0 Å². The van der Waals surface area contributed by atoms with Gasteiger partial charge in [0.15, 0.2) is 0 Å². The standard InChI is InChI=1S/C25H46N4O3S/c1-5-14-33(31,32)27-18-22-15-20(4)21(16-23(22)19(2)3)17-25(30)29-12-10-28(11-13-29)24-8-6-7-9-26-24/h15,19,21-24,26-27H,5-14,16-18H2,1-4H3. The highest BCUT2D eigenvalue weighted by Crippen LogP contribution is 2.39. The molecule has 7 nitrogen and oxygen atoms in total. The summed E-state index contributed by atoms with van der Waals surface area (Å²) in [6.45, 7) is 13.5. The van der Waals surface area contributed by atoms with E-state index in [4.69, 9.17) is 0 Å². The zero-order chi connectivity index (χ0) is 24.0. The summed E-state index contributed by atoms with van der Waals surface area (Å²) in [6, 6.07) is 0. The first kappa shape index (κ1) is 26.6. The van der Waals surface area contributed by atoms with E-state index in [1.54, 1.807) is 0 Å². The van der Waals surface area contributed by atoms with E-state index in [1.165, 1.54) is 24.8 Å². The van der Waals surface area contributed by atoms with Crippen LogP contribution in [0.2, 0.25) is 0 Å². The molecule has 2 heterocycles. The van der Waals surface area contributed by atoms with Crippen LogP contribution in [0.5, 0.6) is 0 Å². The molecule has 33 heavy (non-hydrogen) atoms. The van der Waals surface area contributed by atoms with Crippen molar-refractivity contribution in [2.24, 2.45) is 23.7 Å². The smallest absolute Gasteiger partial charge is 0.223 e. The molecule has 0 aromatic heterocycles. The van der Waals surface area contributed by atoms with Crippen molar-refractivity contribution in [3.05, 3.63) is 11.6 Å². The highest BCUT2D eigenvalue weighted by Gasteiger charge is 2.34. The Kier molecular flexibility index (Phi) is 9.80. The van der Waals surface area contributed by atoms with Gasteiger partial charge in [-0.15, -0.1) is 0 Å². The van der Waals surface area contributed by atoms with Gasteiger partial charge in [-0.05, 0) is 69.2 Å². The Morgan fingerprint density at radius 1 is 1.21 bits per heavy atom. The molecule has 2 N–H and O–H groups in total. The minimum Gasteiger partial charge on any atom is -0.340 e. The average Bonchev–Trinajstić information content (AvgIpc) is 2.79. The van der Waals surface area contributed by atoms with Gasteiger partial charge >= 0.3 is 0 Å². The lowest BCUT2D eigenvalue weighted by Crippen LogP contribution is -2.57. The summed E-state index contributed by atoms with van der Waals surface area (Å²) < 4.78 is 27.1. The molecule has 0 spiro atoms. The molecule has 2 aliphatic heterocycles. The molecule has 4 atom stereocenters. The summed E-state index contributed by atoms with van der Waals surface area (Å²) in [6.07, 6.45) is 8.66. The number of hydrogen-bond donors (Lipinski definition) is 2. The summed E-state index contributed by atoms with van der Waals surface area (Å²) in [5.41, 5.74) is 1.24. The fraction of sp³-hybridized carbons (Fsp3) is 0.880. The Hall–Kier alpha value is -0.960. The number of carbonyl (C=O) groups is 1. The molecule has 0 aromatic rings. The number of amides is 1. The Balaban J connectivity index is 1.54. The van der Waals surface area contributed by atoms with E-state index in [-0.39, 0.29) is 23.5 Å². The molecule has 0 radical (unpaired) electrons. The molecule has 2 fully saturated rings. The van der Waals surface area contributed by atoms with Crippen molar-refractivity contribution in [1.82, 2.24) is 19.8 Å². The normalized spacial score (nSPS) is 29.8. The number of allylic oxidation sites excluding steroid dienone is 1. The van der Waals surface area contributed by atoms with Gasteiger partial charge in [0.05, 0.1) is 11.9 Å². The zero-order valence-corrected chi connectivity index (χ0v) is 22.0. The van der Waals surface area contributed by atoms with Crippen LogP contribution in [0.3, 0.4) is 0 Å². The lowest BCUT2D eigenvalue weighted by molar-refractivity contribution is -0.134. The zero-order valence-electron chi connectivity index (χ0n) is 21.2. The van der Waals surface area contributed by atoms with Crippen molar-refractivity contribution < 1.29 is 13.2 Å². The highest BCUT2D eigenvalue weighted by molar-refractivity contribution is 7.89. The molecular weight excluding hydrogens is 436 g/mol. The minimum atomic E-state index is -3.21. The molecule has 3 aliphatic rings. The van der Waals surface area contributed by atoms with Crippen LogP contribution in [-0.4, -0.2) is 75.3 Å². The SMILES string of the molecule is CCCS(=O)(=O)NCC1C=C(C)C(CC(=O)N2CCN(C3CCCCN3)CC2)CC1C(C)C. The predicted molar refractivity (Wildman–Crippen MR) is 134 cm³/mol. The van der Waals surface area contributed by atoms with Crippen LogP contribution in [0.1, 0.15) is 66.2 Å². The van der Waals surface area contributed by atoms with E-state index in [9.17, 15) is 13.2 Å². The van der Waals surface area contributed by atoms with Crippen molar-refractivity contribution in [2.45, 2.75) is 72.4 Å². The van der Waals surface area contributed by atoms with E-state index in [2.05, 4.69) is 46.7 Å². The monoisotopic (exact) mass is 482 g/mol. The molecule has 8 heteroatoms. The molecule has 2 saturated heterocycles. The third kappa shape index (κ3) is 7.51. The number of carbonyl (C=O) groups excluding carboxylic acids is 1. The van der Waals surface area contributed by atoms with Crippen LogP contribution in [0, 0.1) is 23.7 Å². The second kappa shape index (κ2) is 12.1. The Bertz CT molecular complexity index is 769. The van der Waals surface area contributed by atoms with Gasteiger partial charge in [0, 0.05) is 39.1 Å². The van der Waals surface area contributed by atoms with Crippen LogP contribution in [0.15, 0.2) is 11.6 Å². The van der Waals surface area contributed by atoms with Crippen LogP contribution in [0.25, 0.3) is 0 Å². The maximum Gasteiger partial charge on any atom is 0.223 e. The topological polar surface area (TPSA) is 81.8 Å². The lowest BCUT2D eigenvalue weighted by Gasteiger charge is -2.42. The van der Waals surface area contributed by atoms with Crippen molar-refractivity contribution in [3.8, 4) is 0 Å². The summed E-state index contributed by atoms with van der Waals surface area (Å²) >= 11 is 0. The molecule has 4 unspecified atom stereocenters. The van der Waals surface area contributed by atoms with E-state index in [1.807, 2.05) is 6.92 Å². The summed E-state index contributed by atoms with van der Waals surface area (Å²) in [7, 11) is -3.21. The maximum atomic E-state index is 13.2. The molecule has 0 saturated carbocycles. The van der Waals surface area contributed by atoms with Gasteiger partial charge in [0.2, 0.25) is 15.9 Å². The summed E-state index contributed by atoms with van der Waals surface area (Å²) in [5, 5.41) is 3.62. The minimum absolute atomic E-state index is 0.177. The van der Waals surface area contributed by atoms with Crippen LogP contribution in [0.4, 0.5) is 0 Å². The van der Waals surface area contributed by atoms with E-state index >= 15 is 0 Å². The summed E-state index contributed by atoms with van der Waals surface area (Å²) in [5.74, 6) is 1.72. The van der Waals surface area contributed by atoms with E-state index < -0.39 is 10.0 Å². The van der Waals surface area contributed by atoms with Crippen LogP contribution < -0.4 is 10.0 Å². The number of nitrogens with one attached hydrogen (secondary N) is 2. The van der Waals surface area contributed by atoms with Gasteiger partial charge in [-0.2, -0.15) is 0 Å². The van der Waals surface area contributed by atoms with Crippen LogP contribution >= 0.6 is 0 Å². The Labute approximate surface area is 201 Å². The predicted octanol–water partition coefficient (Wildman–Crippen LogP) is 2.80. The molecule has 0 bridgehead atoms. The lowest BCUT2D eigenvalue weighted by atomic mass is 9.70. The quantitative estimate of drug-likeness (QED) is 0.494. The molecule has 1 amide bonds. The number of piperazine rings is 1. The van der Waals surface area contributed by atoms with Gasteiger partial charge in [-0.1, -0.05) is 32.4 Å². The molecule has 0 aromatic carbocycles. The molecule has 3 rings (SSSR count). The first-order chi connectivity index (χ1) is 15.7. The van der Waals surface area contributed by atoms with Gasteiger partial charge in [-0.3, -0.25) is 9.69 Å². The Morgan fingerprint density at radius 3 is 2.55 bits per heavy atom. The van der Waals surface area contributed by atoms with Crippen molar-refractivity contribution in [3.63, 3.8) is 0 Å². The Morgan fingerprint density at radius 2 is 1.94 bits per heavy atom. The summed E-state index contributed by atoms with van der Waals surface area (Å²) in [4.78, 5) is 17.7. The molecule has 190 valence electrons. The highest BCUT2D eigenvalue weighted by atomic mass is 32.2. The fourth-order valence-electron chi connectivity index (χ4n) is 5.84. The van der Waals surface area contributed by atoms with Gasteiger partial charge in [0.1, 0.15) is 0 Å². The largest absolute Gasteiger partial charge is 0.340 e. The first-order valence-electron chi connectivity index (χ1n) is 13.1. The van der Waals surface area contributed by atoms with Gasteiger partial charge in [-0.25, -0.2) is 13.1 Å². The fourth-order valence-corrected chi connectivity index (χ4v) is 6.97. The van der Waals surface area contributed by atoms with Crippen molar-refractivity contribution >= 4 is 15.9 Å². The third-order valence-electron chi connectivity index (χ3n) is 7.91. The number of piperidine rings is 1. The number of sulfonamides is 1. The van der Waals surface area contributed by atoms with Crippen molar-refractivity contribution in [1.29, 1.82) is 0 Å². The number of nitrogens with zero attached hydrogens (tertiary/aromatic N) is 2. The van der Waals surface area contributed by atoms with Gasteiger partial charge < -0.3 is 10.2 Å². The number of rotatable bonds is 9. The molecular formula is C25H46N4O3S. The maximum absolute atomic E-state index is 13.2. The average molecular weight is 483 g/mol. The third-order valence-corrected chi connectivity index (χ3v) is 9.46. The van der Waals surface area contributed by atoms with Crippen molar-refractivity contribution in [2.75, 3.05) is 45.0 Å². The second-order valence-electron chi connectivity index (χ2n) is 10.7. The second-order valence-corrected chi connectivity index (χ2v) is 12.6. The van der Waals surface area contributed by atoms with Crippen LogP contribution in [-0.2, 0) is 14.8 Å². The number of hydrogen-bond acceptors (Lipinski definition) is 5. The van der Waals surface area contributed by atoms with E-state index in [0.29, 0.717) is 37.4 Å².